The molecule has 1 aromatic carbocycles. The van der Waals surface area contributed by atoms with Gasteiger partial charge in [-0.05, 0) is 32.8 Å². The van der Waals surface area contributed by atoms with E-state index in [9.17, 15) is 9.59 Å². The van der Waals surface area contributed by atoms with Crippen LogP contribution in [-0.2, 0) is 20.9 Å². The Kier molecular flexibility index (Phi) is 5.42. The quantitative estimate of drug-likeness (QED) is 0.684. The Morgan fingerprint density at radius 2 is 1.91 bits per heavy atom. The van der Waals surface area contributed by atoms with Gasteiger partial charge in [-0.2, -0.15) is 0 Å². The zero-order valence-electron chi connectivity index (χ0n) is 13.7. The van der Waals surface area contributed by atoms with Crippen LogP contribution in [0.2, 0.25) is 0 Å². The zero-order valence-corrected chi connectivity index (χ0v) is 13.7. The van der Waals surface area contributed by atoms with Gasteiger partial charge in [0.2, 0.25) is 0 Å². The van der Waals surface area contributed by atoms with Crippen LogP contribution in [0.25, 0.3) is 0 Å². The van der Waals surface area contributed by atoms with Crippen LogP contribution in [0.1, 0.15) is 32.8 Å². The summed E-state index contributed by atoms with van der Waals surface area (Å²) < 4.78 is 10.6. The molecule has 0 radical (unpaired) electrons. The van der Waals surface area contributed by atoms with E-state index in [0.717, 1.165) is 5.56 Å². The van der Waals surface area contributed by atoms with Crippen molar-refractivity contribution < 1.29 is 19.1 Å². The SMILES string of the molecule is CC(C)(C)OC(=O)N[C@H]1C=CC[C@H]1C(=O)OCc1ccccc1. The molecule has 5 nitrogen and oxygen atoms in total. The number of allylic oxidation sites excluding steroid dienone is 1. The number of ether oxygens (including phenoxy) is 2. The lowest BCUT2D eigenvalue weighted by Crippen LogP contribution is -2.43. The zero-order chi connectivity index (χ0) is 16.9. The van der Waals surface area contributed by atoms with Crippen LogP contribution in [0.5, 0.6) is 0 Å². The first kappa shape index (κ1) is 17.1. The van der Waals surface area contributed by atoms with Gasteiger partial charge in [-0.3, -0.25) is 4.79 Å². The van der Waals surface area contributed by atoms with E-state index in [1.165, 1.54) is 0 Å². The summed E-state index contributed by atoms with van der Waals surface area (Å²) in [6, 6.07) is 9.11. The van der Waals surface area contributed by atoms with E-state index in [1.54, 1.807) is 26.8 Å². The van der Waals surface area contributed by atoms with Crippen molar-refractivity contribution in [3.63, 3.8) is 0 Å². The molecule has 2 atom stereocenters. The summed E-state index contributed by atoms with van der Waals surface area (Å²) in [5.74, 6) is -0.730. The Labute approximate surface area is 136 Å². The lowest BCUT2D eigenvalue weighted by atomic mass is 10.0. The molecule has 5 heteroatoms. The topological polar surface area (TPSA) is 64.6 Å². The Hall–Kier alpha value is -2.30. The molecule has 1 amide bonds. The Bertz CT molecular complexity index is 574. The van der Waals surface area contributed by atoms with Gasteiger partial charge in [0.05, 0.1) is 12.0 Å². The first-order valence-electron chi connectivity index (χ1n) is 7.72. The third-order valence-electron chi connectivity index (χ3n) is 3.38. The van der Waals surface area contributed by atoms with E-state index in [1.807, 2.05) is 36.4 Å². The number of benzene rings is 1. The van der Waals surface area contributed by atoms with Crippen molar-refractivity contribution in [2.75, 3.05) is 0 Å². The fourth-order valence-corrected chi connectivity index (χ4v) is 2.32. The summed E-state index contributed by atoms with van der Waals surface area (Å²) >= 11 is 0. The molecule has 23 heavy (non-hydrogen) atoms. The molecule has 0 aliphatic heterocycles. The maximum atomic E-state index is 12.2. The summed E-state index contributed by atoms with van der Waals surface area (Å²) in [5.41, 5.74) is 0.360. The lowest BCUT2D eigenvalue weighted by molar-refractivity contribution is -0.150. The number of carbonyl (C=O) groups excluding carboxylic acids is 2. The Morgan fingerprint density at radius 1 is 1.22 bits per heavy atom. The van der Waals surface area contributed by atoms with Gasteiger partial charge in [-0.1, -0.05) is 42.5 Å². The molecule has 0 unspecified atom stereocenters. The highest BCUT2D eigenvalue weighted by atomic mass is 16.6. The number of alkyl carbamates (subject to hydrolysis) is 1. The highest BCUT2D eigenvalue weighted by molar-refractivity contribution is 5.77. The predicted octanol–water partition coefficient (Wildman–Crippen LogP) is 3.20. The van der Waals surface area contributed by atoms with Gasteiger partial charge >= 0.3 is 12.1 Å². The van der Waals surface area contributed by atoms with Crippen LogP contribution in [-0.4, -0.2) is 23.7 Å². The van der Waals surface area contributed by atoms with Gasteiger partial charge in [0, 0.05) is 0 Å². The second-order valence-corrected chi connectivity index (χ2v) is 6.54. The predicted molar refractivity (Wildman–Crippen MR) is 86.6 cm³/mol. The molecule has 1 aromatic rings. The van der Waals surface area contributed by atoms with Crippen LogP contribution in [0.4, 0.5) is 4.79 Å². The van der Waals surface area contributed by atoms with E-state index in [0.29, 0.717) is 6.42 Å². The first-order chi connectivity index (χ1) is 10.8. The van der Waals surface area contributed by atoms with Crippen molar-refractivity contribution in [1.82, 2.24) is 5.32 Å². The second-order valence-electron chi connectivity index (χ2n) is 6.54. The molecule has 0 heterocycles. The van der Waals surface area contributed by atoms with Crippen molar-refractivity contribution in [2.45, 2.75) is 45.4 Å². The van der Waals surface area contributed by atoms with Gasteiger partial charge in [0.15, 0.2) is 0 Å². The molecule has 0 aromatic heterocycles. The monoisotopic (exact) mass is 317 g/mol. The molecule has 0 spiro atoms. The molecule has 124 valence electrons. The molecule has 0 saturated carbocycles. The van der Waals surface area contributed by atoms with E-state index >= 15 is 0 Å². The van der Waals surface area contributed by atoms with Gasteiger partial charge in [0.25, 0.3) is 0 Å². The third-order valence-corrected chi connectivity index (χ3v) is 3.38. The normalized spacial score (nSPS) is 20.1. The number of esters is 1. The minimum absolute atomic E-state index is 0.231. The van der Waals surface area contributed by atoms with E-state index < -0.39 is 23.7 Å². The summed E-state index contributed by atoms with van der Waals surface area (Å²) in [5, 5.41) is 2.72. The molecule has 1 aliphatic rings. The summed E-state index contributed by atoms with van der Waals surface area (Å²) in [6.07, 6.45) is 3.69. The molecule has 0 fully saturated rings. The molecular formula is C18H23NO4. The van der Waals surface area contributed by atoms with Crippen molar-refractivity contribution in [3.05, 3.63) is 48.0 Å². The molecule has 1 N–H and O–H groups in total. The van der Waals surface area contributed by atoms with Gasteiger partial charge in [-0.15, -0.1) is 0 Å². The van der Waals surface area contributed by atoms with Gasteiger partial charge in [0.1, 0.15) is 12.2 Å². The fraction of sp³-hybridized carbons (Fsp3) is 0.444. The van der Waals surface area contributed by atoms with Crippen molar-refractivity contribution in [1.29, 1.82) is 0 Å². The summed E-state index contributed by atoms with van der Waals surface area (Å²) in [4.78, 5) is 24.1. The molecule has 0 bridgehead atoms. The standard InChI is InChI=1S/C18H23NO4/c1-18(2,3)23-17(21)19-15-11-7-10-14(15)16(20)22-12-13-8-5-4-6-9-13/h4-9,11,14-15H,10,12H2,1-3H3,(H,19,21)/t14-,15+/m1/s1. The van der Waals surface area contributed by atoms with Gasteiger partial charge in [-0.25, -0.2) is 4.79 Å². The first-order valence-corrected chi connectivity index (χ1v) is 7.72. The van der Waals surface area contributed by atoms with Crippen LogP contribution in [0, 0.1) is 5.92 Å². The number of rotatable bonds is 4. The molecule has 2 rings (SSSR count). The van der Waals surface area contributed by atoms with Crippen LogP contribution in [0.15, 0.2) is 42.5 Å². The van der Waals surface area contributed by atoms with E-state index in [4.69, 9.17) is 9.47 Å². The maximum absolute atomic E-state index is 12.2. The lowest BCUT2D eigenvalue weighted by Gasteiger charge is -2.23. The number of carbonyl (C=O) groups is 2. The van der Waals surface area contributed by atoms with Crippen LogP contribution in [0.3, 0.4) is 0 Å². The van der Waals surface area contributed by atoms with E-state index in [-0.39, 0.29) is 12.6 Å². The maximum Gasteiger partial charge on any atom is 0.408 e. The van der Waals surface area contributed by atoms with Crippen molar-refractivity contribution >= 4 is 12.1 Å². The number of hydrogen-bond donors (Lipinski definition) is 1. The fourth-order valence-electron chi connectivity index (χ4n) is 2.32. The third kappa shape index (κ3) is 5.43. The summed E-state index contributed by atoms with van der Waals surface area (Å²) in [6.45, 7) is 5.61. The highest BCUT2D eigenvalue weighted by Crippen LogP contribution is 2.21. The molecule has 1 aliphatic carbocycles. The van der Waals surface area contributed by atoms with Crippen LogP contribution >= 0.6 is 0 Å². The van der Waals surface area contributed by atoms with Gasteiger partial charge < -0.3 is 14.8 Å². The minimum atomic E-state index is -0.574. The number of amides is 1. The van der Waals surface area contributed by atoms with Crippen molar-refractivity contribution in [2.24, 2.45) is 5.92 Å². The van der Waals surface area contributed by atoms with E-state index in [2.05, 4.69) is 5.32 Å². The Morgan fingerprint density at radius 3 is 2.57 bits per heavy atom. The second kappa shape index (κ2) is 7.31. The summed E-state index contributed by atoms with van der Waals surface area (Å²) in [7, 11) is 0. The van der Waals surface area contributed by atoms with Crippen molar-refractivity contribution in [3.8, 4) is 0 Å². The average molecular weight is 317 g/mol. The Balaban J connectivity index is 1.86. The van der Waals surface area contributed by atoms with Crippen LogP contribution < -0.4 is 5.32 Å². The average Bonchev–Trinajstić information content (AvgIpc) is 2.92. The minimum Gasteiger partial charge on any atom is -0.461 e. The highest BCUT2D eigenvalue weighted by Gasteiger charge is 2.33. The molecule has 0 saturated heterocycles. The number of hydrogen-bond acceptors (Lipinski definition) is 4. The number of nitrogens with one attached hydrogen (secondary N) is 1. The largest absolute Gasteiger partial charge is 0.461 e. The smallest absolute Gasteiger partial charge is 0.408 e. The molecular weight excluding hydrogens is 294 g/mol.